The van der Waals surface area contributed by atoms with Gasteiger partial charge in [-0.05, 0) is 24.3 Å². The van der Waals surface area contributed by atoms with Crippen LogP contribution in [0.2, 0.25) is 0 Å². The lowest BCUT2D eigenvalue weighted by atomic mass is 10.1. The fourth-order valence-electron chi connectivity index (χ4n) is 3.15. The molecule has 1 saturated heterocycles. The van der Waals surface area contributed by atoms with E-state index < -0.39 is 0 Å². The van der Waals surface area contributed by atoms with Gasteiger partial charge in [0.05, 0.1) is 24.5 Å². The van der Waals surface area contributed by atoms with Crippen molar-refractivity contribution in [2.24, 2.45) is 0 Å². The van der Waals surface area contributed by atoms with E-state index >= 15 is 0 Å². The van der Waals surface area contributed by atoms with Gasteiger partial charge in [-0.25, -0.2) is 9.97 Å². The number of hydrogen-bond acceptors (Lipinski definition) is 7. The zero-order valence-corrected chi connectivity index (χ0v) is 17.3. The molecule has 0 aliphatic carbocycles. The summed E-state index contributed by atoms with van der Waals surface area (Å²) in [6.07, 6.45) is 1.68. The average Bonchev–Trinajstić information content (AvgIpc) is 3.25. The third-order valence-electron chi connectivity index (χ3n) is 4.67. The molecular formula is C21H23N5O2S. The highest BCUT2D eigenvalue weighted by molar-refractivity contribution is 7.14. The lowest BCUT2D eigenvalue weighted by Crippen LogP contribution is -2.36. The van der Waals surface area contributed by atoms with Crippen LogP contribution < -0.4 is 15.1 Å². The molecule has 3 heterocycles. The first-order valence-corrected chi connectivity index (χ1v) is 10.3. The standard InChI is InChI=1S/C21H23N5O2S/c1-25(2)19-17(4-3-9-22-19)20(27)23-16-7-5-15(6-8-16)18-14-29-21(24-18)26-10-12-28-13-11-26/h3-9,14H,10-13H2,1-2H3,(H,23,27). The van der Waals surface area contributed by atoms with Crippen molar-refractivity contribution in [2.45, 2.75) is 0 Å². The molecule has 0 unspecified atom stereocenters. The second kappa shape index (κ2) is 8.59. The molecule has 0 spiro atoms. The van der Waals surface area contributed by atoms with E-state index in [4.69, 9.17) is 9.72 Å². The molecule has 0 saturated carbocycles. The number of ether oxygens (including phenoxy) is 1. The summed E-state index contributed by atoms with van der Waals surface area (Å²) < 4.78 is 5.40. The topological polar surface area (TPSA) is 70.6 Å². The Kier molecular flexibility index (Phi) is 5.73. The Morgan fingerprint density at radius 3 is 2.66 bits per heavy atom. The van der Waals surface area contributed by atoms with Crippen LogP contribution in [0.3, 0.4) is 0 Å². The maximum atomic E-state index is 12.7. The van der Waals surface area contributed by atoms with E-state index in [-0.39, 0.29) is 5.91 Å². The summed E-state index contributed by atoms with van der Waals surface area (Å²) >= 11 is 1.65. The maximum Gasteiger partial charge on any atom is 0.259 e. The number of hydrogen-bond donors (Lipinski definition) is 1. The average molecular weight is 410 g/mol. The van der Waals surface area contributed by atoms with Crippen molar-refractivity contribution in [1.82, 2.24) is 9.97 Å². The molecule has 7 nitrogen and oxygen atoms in total. The number of nitrogens with one attached hydrogen (secondary N) is 1. The molecule has 1 aliphatic rings. The molecule has 29 heavy (non-hydrogen) atoms. The van der Waals surface area contributed by atoms with Crippen molar-refractivity contribution < 1.29 is 9.53 Å². The van der Waals surface area contributed by atoms with E-state index in [9.17, 15) is 4.79 Å². The highest BCUT2D eigenvalue weighted by Gasteiger charge is 2.16. The minimum Gasteiger partial charge on any atom is -0.378 e. The van der Waals surface area contributed by atoms with Crippen LogP contribution in [0.5, 0.6) is 0 Å². The molecule has 1 aliphatic heterocycles. The fraction of sp³-hybridized carbons (Fsp3) is 0.286. The van der Waals surface area contributed by atoms with Gasteiger partial charge in [0.15, 0.2) is 5.13 Å². The fourth-order valence-corrected chi connectivity index (χ4v) is 4.04. The summed E-state index contributed by atoms with van der Waals surface area (Å²) in [4.78, 5) is 25.8. The molecule has 4 rings (SSSR count). The number of aromatic nitrogens is 2. The lowest BCUT2D eigenvalue weighted by molar-refractivity contribution is 0.102. The Bertz CT molecular complexity index is 981. The predicted molar refractivity (Wildman–Crippen MR) is 117 cm³/mol. The molecule has 0 bridgehead atoms. The highest BCUT2D eigenvalue weighted by atomic mass is 32.1. The van der Waals surface area contributed by atoms with Gasteiger partial charge in [0.2, 0.25) is 0 Å². The molecular weight excluding hydrogens is 386 g/mol. The van der Waals surface area contributed by atoms with Crippen LogP contribution in [0.1, 0.15) is 10.4 Å². The second-order valence-corrected chi connectivity index (χ2v) is 7.75. The summed E-state index contributed by atoms with van der Waals surface area (Å²) in [5.41, 5.74) is 3.23. The second-order valence-electron chi connectivity index (χ2n) is 6.92. The molecule has 8 heteroatoms. The van der Waals surface area contributed by atoms with Gasteiger partial charge in [-0.15, -0.1) is 11.3 Å². The number of morpholine rings is 1. The summed E-state index contributed by atoms with van der Waals surface area (Å²) in [6, 6.07) is 11.3. The molecule has 0 radical (unpaired) electrons. The van der Waals surface area contributed by atoms with Crippen molar-refractivity contribution in [3.05, 3.63) is 53.5 Å². The van der Waals surface area contributed by atoms with Gasteiger partial charge >= 0.3 is 0 Å². The summed E-state index contributed by atoms with van der Waals surface area (Å²) in [5.74, 6) is 0.456. The SMILES string of the molecule is CN(C)c1ncccc1C(=O)Nc1ccc(-c2csc(N3CCOCC3)n2)cc1. The molecule has 1 fully saturated rings. The Morgan fingerprint density at radius 1 is 1.17 bits per heavy atom. The predicted octanol–water partition coefficient (Wildman–Crippen LogP) is 3.36. The van der Waals surface area contributed by atoms with Crippen LogP contribution in [0.25, 0.3) is 11.3 Å². The molecule has 150 valence electrons. The molecule has 1 N–H and O–H groups in total. The molecule has 3 aromatic rings. The third-order valence-corrected chi connectivity index (χ3v) is 5.57. The Hall–Kier alpha value is -2.97. The smallest absolute Gasteiger partial charge is 0.259 e. The highest BCUT2D eigenvalue weighted by Crippen LogP contribution is 2.29. The molecule has 1 amide bonds. The summed E-state index contributed by atoms with van der Waals surface area (Å²) in [5, 5.41) is 6.03. The van der Waals surface area contributed by atoms with Crippen molar-refractivity contribution >= 4 is 33.9 Å². The van der Waals surface area contributed by atoms with E-state index in [1.165, 1.54) is 0 Å². The number of rotatable bonds is 5. The summed E-state index contributed by atoms with van der Waals surface area (Å²) in [6.45, 7) is 3.24. The largest absolute Gasteiger partial charge is 0.378 e. The normalized spacial score (nSPS) is 13.9. The van der Waals surface area contributed by atoms with Crippen LogP contribution in [0, 0.1) is 0 Å². The van der Waals surface area contributed by atoms with E-state index in [2.05, 4.69) is 20.6 Å². The van der Waals surface area contributed by atoms with Crippen LogP contribution in [0.15, 0.2) is 48.0 Å². The van der Waals surface area contributed by atoms with E-state index in [0.717, 1.165) is 48.4 Å². The van der Waals surface area contributed by atoms with Gasteiger partial charge in [-0.1, -0.05) is 12.1 Å². The lowest BCUT2D eigenvalue weighted by Gasteiger charge is -2.26. The number of nitrogens with zero attached hydrogens (tertiary/aromatic N) is 4. The first kappa shape index (κ1) is 19.4. The van der Waals surface area contributed by atoms with Crippen LogP contribution in [-0.2, 0) is 4.74 Å². The summed E-state index contributed by atoms with van der Waals surface area (Å²) in [7, 11) is 3.74. The Labute approximate surface area is 174 Å². The van der Waals surface area contributed by atoms with Crippen LogP contribution >= 0.6 is 11.3 Å². The van der Waals surface area contributed by atoms with Gasteiger partial charge < -0.3 is 19.9 Å². The van der Waals surface area contributed by atoms with Crippen LogP contribution in [-0.4, -0.2) is 56.3 Å². The molecule has 2 aromatic heterocycles. The van der Waals surface area contributed by atoms with Crippen molar-refractivity contribution in [3.8, 4) is 11.3 Å². The first-order chi connectivity index (χ1) is 14.1. The van der Waals surface area contributed by atoms with E-state index in [1.54, 1.807) is 29.7 Å². The van der Waals surface area contributed by atoms with E-state index in [1.807, 2.05) is 43.3 Å². The monoisotopic (exact) mass is 409 g/mol. The minimum atomic E-state index is -0.183. The third kappa shape index (κ3) is 4.38. The van der Waals surface area contributed by atoms with Crippen molar-refractivity contribution in [2.75, 3.05) is 55.5 Å². The van der Waals surface area contributed by atoms with Crippen molar-refractivity contribution in [1.29, 1.82) is 0 Å². The zero-order valence-electron chi connectivity index (χ0n) is 16.5. The van der Waals surface area contributed by atoms with Gasteiger partial charge in [-0.2, -0.15) is 0 Å². The van der Waals surface area contributed by atoms with Crippen molar-refractivity contribution in [3.63, 3.8) is 0 Å². The number of anilines is 3. The van der Waals surface area contributed by atoms with Crippen LogP contribution in [0.4, 0.5) is 16.6 Å². The minimum absolute atomic E-state index is 0.183. The quantitative estimate of drug-likeness (QED) is 0.697. The van der Waals surface area contributed by atoms with Gasteiger partial charge in [-0.3, -0.25) is 4.79 Å². The van der Waals surface area contributed by atoms with Gasteiger partial charge in [0, 0.05) is 50.0 Å². The number of carbonyl (C=O) groups excluding carboxylic acids is 1. The first-order valence-electron chi connectivity index (χ1n) is 9.44. The number of amides is 1. The molecule has 0 atom stereocenters. The Balaban J connectivity index is 1.46. The molecule has 1 aromatic carbocycles. The van der Waals surface area contributed by atoms with Gasteiger partial charge in [0.1, 0.15) is 5.82 Å². The van der Waals surface area contributed by atoms with E-state index in [0.29, 0.717) is 11.4 Å². The maximum absolute atomic E-state index is 12.7. The number of pyridine rings is 1. The number of carbonyl (C=O) groups is 1. The van der Waals surface area contributed by atoms with Gasteiger partial charge in [0.25, 0.3) is 5.91 Å². The number of thiazole rings is 1. The number of benzene rings is 1. The zero-order chi connectivity index (χ0) is 20.2. The Morgan fingerprint density at radius 2 is 1.93 bits per heavy atom.